The first kappa shape index (κ1) is 15.0. The summed E-state index contributed by atoms with van der Waals surface area (Å²) in [6, 6.07) is 5.99. The summed E-state index contributed by atoms with van der Waals surface area (Å²) >= 11 is 0. The Labute approximate surface area is 129 Å². The second-order valence-corrected chi connectivity index (χ2v) is 8.07. The van der Waals surface area contributed by atoms with Gasteiger partial charge in [-0.2, -0.15) is 0 Å². The van der Waals surface area contributed by atoms with E-state index in [4.69, 9.17) is 10.5 Å². The minimum atomic E-state index is -0.797. The topological polar surface area (TPSA) is 52.3 Å². The van der Waals surface area contributed by atoms with E-state index in [2.05, 4.69) is 12.1 Å². The van der Waals surface area contributed by atoms with Crippen molar-refractivity contribution in [3.8, 4) is 5.75 Å². The molecule has 21 heavy (non-hydrogen) atoms. The maximum atomic E-state index is 12.7. The molecule has 0 bridgehead atoms. The highest BCUT2D eigenvalue weighted by molar-refractivity contribution is 7.85. The fourth-order valence-corrected chi connectivity index (χ4v) is 5.66. The van der Waals surface area contributed by atoms with Gasteiger partial charge in [-0.05, 0) is 54.9 Å². The zero-order valence-corrected chi connectivity index (χ0v) is 13.5. The van der Waals surface area contributed by atoms with Crippen molar-refractivity contribution in [1.29, 1.82) is 0 Å². The van der Waals surface area contributed by atoms with E-state index in [1.54, 1.807) is 7.11 Å². The van der Waals surface area contributed by atoms with Crippen LogP contribution in [0.15, 0.2) is 18.2 Å². The second-order valence-electron chi connectivity index (χ2n) is 6.37. The highest BCUT2D eigenvalue weighted by Crippen LogP contribution is 2.35. The van der Waals surface area contributed by atoms with Crippen molar-refractivity contribution in [2.24, 2.45) is 11.7 Å². The van der Waals surface area contributed by atoms with Gasteiger partial charge in [0.05, 0.1) is 12.4 Å². The van der Waals surface area contributed by atoms with Crippen LogP contribution in [0.25, 0.3) is 0 Å². The molecule has 1 aromatic carbocycles. The zero-order chi connectivity index (χ0) is 14.8. The molecule has 0 aliphatic heterocycles. The summed E-state index contributed by atoms with van der Waals surface area (Å²) < 4.78 is 18.0. The Kier molecular flexibility index (Phi) is 4.65. The van der Waals surface area contributed by atoms with Crippen molar-refractivity contribution in [3.63, 3.8) is 0 Å². The maximum Gasteiger partial charge on any atom is 0.119 e. The number of rotatable bonds is 4. The lowest BCUT2D eigenvalue weighted by Crippen LogP contribution is -2.36. The van der Waals surface area contributed by atoms with Gasteiger partial charge in [-0.3, -0.25) is 4.21 Å². The summed E-state index contributed by atoms with van der Waals surface area (Å²) in [5.41, 5.74) is 8.84. The zero-order valence-electron chi connectivity index (χ0n) is 12.7. The SMILES string of the molecule is COc1ccc2c(c1)CCC(S(=O)CC1CCCC1)C2N. The van der Waals surface area contributed by atoms with Gasteiger partial charge in [0.1, 0.15) is 5.75 Å². The van der Waals surface area contributed by atoms with Gasteiger partial charge in [-0.25, -0.2) is 0 Å². The predicted molar refractivity (Wildman–Crippen MR) is 87.0 cm³/mol. The number of ether oxygens (including phenoxy) is 1. The van der Waals surface area contributed by atoms with Crippen molar-refractivity contribution in [1.82, 2.24) is 0 Å². The number of aryl methyl sites for hydroxylation is 1. The third kappa shape index (κ3) is 3.16. The molecular formula is C17H25NO2S. The Bertz CT molecular complexity index is 526. The molecule has 2 aliphatic carbocycles. The van der Waals surface area contributed by atoms with Gasteiger partial charge in [-0.1, -0.05) is 18.9 Å². The summed E-state index contributed by atoms with van der Waals surface area (Å²) in [5, 5.41) is 0.117. The van der Waals surface area contributed by atoms with Crippen LogP contribution in [0, 0.1) is 5.92 Å². The van der Waals surface area contributed by atoms with E-state index >= 15 is 0 Å². The highest BCUT2D eigenvalue weighted by Gasteiger charge is 2.32. The molecule has 116 valence electrons. The summed E-state index contributed by atoms with van der Waals surface area (Å²) in [5.74, 6) is 2.39. The molecule has 0 spiro atoms. The van der Waals surface area contributed by atoms with Crippen molar-refractivity contribution in [3.05, 3.63) is 29.3 Å². The molecule has 2 aliphatic rings. The first-order valence-electron chi connectivity index (χ1n) is 7.98. The van der Waals surface area contributed by atoms with Crippen molar-refractivity contribution >= 4 is 10.8 Å². The van der Waals surface area contributed by atoms with E-state index in [9.17, 15) is 4.21 Å². The van der Waals surface area contributed by atoms with Crippen LogP contribution in [0.1, 0.15) is 49.3 Å². The molecule has 3 atom stereocenters. The van der Waals surface area contributed by atoms with Crippen LogP contribution in [0.4, 0.5) is 0 Å². The number of methoxy groups -OCH3 is 1. The highest BCUT2D eigenvalue weighted by atomic mass is 32.2. The first-order valence-corrected chi connectivity index (χ1v) is 9.37. The number of fused-ring (bicyclic) bond motifs is 1. The minimum Gasteiger partial charge on any atom is -0.497 e. The van der Waals surface area contributed by atoms with Crippen molar-refractivity contribution < 1.29 is 8.95 Å². The minimum absolute atomic E-state index is 0.0955. The Hall–Kier alpha value is -0.870. The molecule has 0 saturated heterocycles. The van der Waals surface area contributed by atoms with Crippen LogP contribution in [0.3, 0.4) is 0 Å². The lowest BCUT2D eigenvalue weighted by Gasteiger charge is -2.31. The Morgan fingerprint density at radius 3 is 2.76 bits per heavy atom. The van der Waals surface area contributed by atoms with E-state index < -0.39 is 10.8 Å². The Morgan fingerprint density at radius 1 is 1.29 bits per heavy atom. The lowest BCUT2D eigenvalue weighted by atomic mass is 9.87. The number of hydrogen-bond acceptors (Lipinski definition) is 3. The summed E-state index contributed by atoms with van der Waals surface area (Å²) in [7, 11) is 0.887. The van der Waals surface area contributed by atoms with E-state index in [1.807, 2.05) is 6.07 Å². The van der Waals surface area contributed by atoms with Gasteiger partial charge in [0.15, 0.2) is 0 Å². The van der Waals surface area contributed by atoms with E-state index in [1.165, 1.54) is 31.2 Å². The monoisotopic (exact) mass is 307 g/mol. The molecule has 2 N–H and O–H groups in total. The quantitative estimate of drug-likeness (QED) is 0.930. The van der Waals surface area contributed by atoms with Gasteiger partial charge in [0, 0.05) is 22.6 Å². The number of benzene rings is 1. The van der Waals surface area contributed by atoms with Crippen LogP contribution in [0.5, 0.6) is 5.75 Å². The second kappa shape index (κ2) is 6.49. The molecule has 1 aromatic rings. The van der Waals surface area contributed by atoms with Gasteiger partial charge < -0.3 is 10.5 Å². The first-order chi connectivity index (χ1) is 10.2. The molecule has 3 unspecified atom stereocenters. The fraction of sp³-hybridized carbons (Fsp3) is 0.647. The van der Waals surface area contributed by atoms with Crippen LogP contribution in [-0.4, -0.2) is 22.3 Å². The molecule has 0 radical (unpaired) electrons. The maximum absolute atomic E-state index is 12.7. The van der Waals surface area contributed by atoms with E-state index in [-0.39, 0.29) is 11.3 Å². The third-order valence-corrected chi connectivity index (χ3v) is 7.02. The summed E-state index contributed by atoms with van der Waals surface area (Å²) in [6.07, 6.45) is 7.01. The molecular weight excluding hydrogens is 282 g/mol. The largest absolute Gasteiger partial charge is 0.497 e. The standard InChI is InChI=1S/C17H25NO2S/c1-20-14-7-8-15-13(10-14)6-9-16(17(15)18)21(19)11-12-4-2-3-5-12/h7-8,10,12,16-17H,2-6,9,11,18H2,1H3. The van der Waals surface area contributed by atoms with Crippen molar-refractivity contribution in [2.75, 3.05) is 12.9 Å². The van der Waals surface area contributed by atoms with Crippen LogP contribution in [-0.2, 0) is 17.2 Å². The smallest absolute Gasteiger partial charge is 0.119 e. The molecule has 0 aromatic heterocycles. The molecule has 0 amide bonds. The lowest BCUT2D eigenvalue weighted by molar-refractivity contribution is 0.413. The molecule has 4 heteroatoms. The van der Waals surface area contributed by atoms with Crippen LogP contribution in [0.2, 0.25) is 0 Å². The van der Waals surface area contributed by atoms with Gasteiger partial charge in [0.25, 0.3) is 0 Å². The number of hydrogen-bond donors (Lipinski definition) is 1. The molecule has 1 fully saturated rings. The fourth-order valence-electron chi connectivity index (χ4n) is 3.76. The Morgan fingerprint density at radius 2 is 2.05 bits per heavy atom. The predicted octanol–water partition coefficient (Wildman–Crippen LogP) is 2.95. The van der Waals surface area contributed by atoms with Gasteiger partial charge in [-0.15, -0.1) is 0 Å². The van der Waals surface area contributed by atoms with Crippen LogP contribution < -0.4 is 10.5 Å². The average Bonchev–Trinajstić information content (AvgIpc) is 3.00. The normalized spacial score (nSPS) is 27.3. The van der Waals surface area contributed by atoms with E-state index in [0.29, 0.717) is 5.92 Å². The van der Waals surface area contributed by atoms with Crippen molar-refractivity contribution in [2.45, 2.75) is 49.8 Å². The molecule has 3 rings (SSSR count). The van der Waals surface area contributed by atoms with E-state index in [0.717, 1.165) is 29.9 Å². The van der Waals surface area contributed by atoms with Crippen LogP contribution >= 0.6 is 0 Å². The summed E-state index contributed by atoms with van der Waals surface area (Å²) in [4.78, 5) is 0. The Balaban J connectivity index is 1.72. The molecule has 0 heterocycles. The molecule has 3 nitrogen and oxygen atoms in total. The third-order valence-electron chi connectivity index (χ3n) is 5.02. The number of nitrogens with two attached hydrogens (primary N) is 1. The van der Waals surface area contributed by atoms with Gasteiger partial charge >= 0.3 is 0 Å². The molecule has 1 saturated carbocycles. The van der Waals surface area contributed by atoms with Gasteiger partial charge in [0.2, 0.25) is 0 Å². The summed E-state index contributed by atoms with van der Waals surface area (Å²) in [6.45, 7) is 0. The average molecular weight is 307 g/mol.